The first-order valence-corrected chi connectivity index (χ1v) is 9.89. The fourth-order valence-electron chi connectivity index (χ4n) is 4.52. The summed E-state index contributed by atoms with van der Waals surface area (Å²) < 4.78 is 12.2. The van der Waals surface area contributed by atoms with Crippen LogP contribution in [0.15, 0.2) is 36.8 Å². The molecule has 0 aromatic carbocycles. The minimum atomic E-state index is -0.0613. The van der Waals surface area contributed by atoms with Gasteiger partial charge in [0.15, 0.2) is 0 Å². The van der Waals surface area contributed by atoms with Gasteiger partial charge < -0.3 is 9.47 Å². The summed E-state index contributed by atoms with van der Waals surface area (Å²) in [5.74, 6) is 1.61. The van der Waals surface area contributed by atoms with Gasteiger partial charge in [-0.1, -0.05) is 13.0 Å². The molecule has 0 bridgehead atoms. The van der Waals surface area contributed by atoms with Gasteiger partial charge in [0.2, 0.25) is 5.88 Å². The molecule has 0 unspecified atom stereocenters. The maximum Gasteiger partial charge on any atom is 0.213 e. The van der Waals surface area contributed by atoms with Crippen LogP contribution in [0.1, 0.15) is 44.0 Å². The average molecular weight is 368 g/mol. The van der Waals surface area contributed by atoms with Crippen LogP contribution in [0.2, 0.25) is 0 Å². The largest absolute Gasteiger partial charge is 0.474 e. The minimum absolute atomic E-state index is 0.0613. The molecule has 4 rings (SSSR count). The van der Waals surface area contributed by atoms with Crippen molar-refractivity contribution >= 4 is 0 Å². The Morgan fingerprint density at radius 2 is 2.04 bits per heavy atom. The zero-order valence-electron chi connectivity index (χ0n) is 16.2. The Morgan fingerprint density at radius 3 is 2.74 bits per heavy atom. The van der Waals surface area contributed by atoms with Gasteiger partial charge >= 0.3 is 0 Å². The summed E-state index contributed by atoms with van der Waals surface area (Å²) in [5, 5.41) is 0. The highest BCUT2D eigenvalue weighted by Crippen LogP contribution is 2.43. The predicted octanol–water partition coefficient (Wildman–Crippen LogP) is 3.03. The zero-order valence-corrected chi connectivity index (χ0v) is 16.2. The van der Waals surface area contributed by atoms with Gasteiger partial charge in [-0.05, 0) is 25.3 Å². The lowest BCUT2D eigenvalue weighted by Gasteiger charge is -2.43. The summed E-state index contributed by atoms with van der Waals surface area (Å²) in [4.78, 5) is 15.7. The van der Waals surface area contributed by atoms with Crippen molar-refractivity contribution in [3.63, 3.8) is 0 Å². The van der Waals surface area contributed by atoms with Gasteiger partial charge in [-0.15, -0.1) is 0 Å². The highest BCUT2D eigenvalue weighted by atomic mass is 16.5. The number of fused-ring (bicyclic) bond motifs is 1. The van der Waals surface area contributed by atoms with E-state index < -0.39 is 0 Å². The van der Waals surface area contributed by atoms with Gasteiger partial charge in [-0.2, -0.15) is 0 Å². The molecule has 0 radical (unpaired) electrons. The monoisotopic (exact) mass is 368 g/mol. The Hall–Kier alpha value is -2.05. The number of aromatic nitrogens is 3. The SMILES string of the molecule is CCc1ncc(CN2CC[C@]3(OC)CC[C@H](Oc4ccccn4)C[C@H]23)cn1. The number of aryl methyl sites for hydroxylation is 1. The van der Waals surface area contributed by atoms with E-state index in [4.69, 9.17) is 9.47 Å². The van der Waals surface area contributed by atoms with Crippen molar-refractivity contribution in [1.82, 2.24) is 19.9 Å². The Morgan fingerprint density at radius 1 is 1.19 bits per heavy atom. The standard InChI is InChI=1S/C21H28N4O2/c1-3-19-23-13-16(14-24-19)15-25-11-9-21(26-2)8-7-17(12-18(21)25)27-20-6-4-5-10-22-20/h4-6,10,13-14,17-18H,3,7-9,11-12,15H2,1-2H3/t17-,18-,21+/m0/s1. The second kappa shape index (κ2) is 7.90. The number of hydrogen-bond acceptors (Lipinski definition) is 6. The molecule has 1 saturated carbocycles. The fraction of sp³-hybridized carbons (Fsp3) is 0.571. The molecule has 2 aromatic heterocycles. The third kappa shape index (κ3) is 3.82. The lowest BCUT2D eigenvalue weighted by Crippen LogP contribution is -2.52. The van der Waals surface area contributed by atoms with Crippen LogP contribution in [0.4, 0.5) is 0 Å². The summed E-state index contributed by atoms with van der Waals surface area (Å²) in [5.41, 5.74) is 1.10. The van der Waals surface area contributed by atoms with E-state index in [1.54, 1.807) is 6.20 Å². The average Bonchev–Trinajstić information content (AvgIpc) is 3.08. The predicted molar refractivity (Wildman–Crippen MR) is 102 cm³/mol. The van der Waals surface area contributed by atoms with Crippen molar-refractivity contribution < 1.29 is 9.47 Å². The molecular weight excluding hydrogens is 340 g/mol. The second-order valence-corrected chi connectivity index (χ2v) is 7.55. The van der Waals surface area contributed by atoms with E-state index in [1.807, 2.05) is 37.7 Å². The van der Waals surface area contributed by atoms with E-state index in [0.29, 0.717) is 11.9 Å². The molecule has 0 spiro atoms. The minimum Gasteiger partial charge on any atom is -0.474 e. The van der Waals surface area contributed by atoms with E-state index in [-0.39, 0.29) is 11.7 Å². The molecule has 1 saturated heterocycles. The molecule has 2 aromatic rings. The van der Waals surface area contributed by atoms with E-state index in [2.05, 4.69) is 26.8 Å². The van der Waals surface area contributed by atoms with Crippen LogP contribution in [0, 0.1) is 0 Å². The number of pyridine rings is 1. The number of methoxy groups -OCH3 is 1. The first-order chi connectivity index (χ1) is 13.2. The fourth-order valence-corrected chi connectivity index (χ4v) is 4.52. The number of rotatable bonds is 6. The zero-order chi connectivity index (χ0) is 18.7. The smallest absolute Gasteiger partial charge is 0.213 e. The maximum atomic E-state index is 6.16. The molecular formula is C21H28N4O2. The summed E-state index contributed by atoms with van der Waals surface area (Å²) in [6.45, 7) is 3.96. The molecule has 6 nitrogen and oxygen atoms in total. The van der Waals surface area contributed by atoms with Crippen LogP contribution in [0.3, 0.4) is 0 Å². The molecule has 3 atom stereocenters. The van der Waals surface area contributed by atoms with Crippen LogP contribution in [0.5, 0.6) is 5.88 Å². The lowest BCUT2D eigenvalue weighted by molar-refractivity contribution is -0.0843. The van der Waals surface area contributed by atoms with Crippen LogP contribution in [-0.4, -0.2) is 51.3 Å². The van der Waals surface area contributed by atoms with Gasteiger partial charge in [0.1, 0.15) is 11.9 Å². The van der Waals surface area contributed by atoms with Crippen molar-refractivity contribution in [2.45, 2.75) is 63.3 Å². The van der Waals surface area contributed by atoms with Crippen LogP contribution in [-0.2, 0) is 17.7 Å². The second-order valence-electron chi connectivity index (χ2n) is 7.55. The molecule has 2 fully saturated rings. The molecule has 3 heterocycles. The summed E-state index contributed by atoms with van der Waals surface area (Å²) in [6.07, 6.45) is 10.8. The van der Waals surface area contributed by atoms with Crippen LogP contribution >= 0.6 is 0 Å². The molecule has 0 amide bonds. The van der Waals surface area contributed by atoms with Gasteiger partial charge in [-0.3, -0.25) is 4.90 Å². The van der Waals surface area contributed by atoms with Crippen molar-refractivity contribution in [2.75, 3.05) is 13.7 Å². The topological polar surface area (TPSA) is 60.4 Å². The van der Waals surface area contributed by atoms with Gasteiger partial charge in [0.25, 0.3) is 0 Å². The molecule has 2 aliphatic rings. The Balaban J connectivity index is 1.46. The molecule has 1 aliphatic carbocycles. The van der Waals surface area contributed by atoms with E-state index in [9.17, 15) is 0 Å². The number of nitrogens with zero attached hydrogens (tertiary/aromatic N) is 4. The Labute approximate surface area is 161 Å². The van der Waals surface area contributed by atoms with Crippen molar-refractivity contribution in [1.29, 1.82) is 0 Å². The highest BCUT2D eigenvalue weighted by molar-refractivity contribution is 5.13. The maximum absolute atomic E-state index is 6.16. The third-order valence-electron chi connectivity index (χ3n) is 6.04. The first kappa shape index (κ1) is 18.3. The van der Waals surface area contributed by atoms with Crippen molar-refractivity contribution in [2.24, 2.45) is 0 Å². The third-order valence-corrected chi connectivity index (χ3v) is 6.04. The Kier molecular flexibility index (Phi) is 5.36. The first-order valence-electron chi connectivity index (χ1n) is 9.89. The quantitative estimate of drug-likeness (QED) is 0.781. The molecule has 6 heteroatoms. The molecule has 27 heavy (non-hydrogen) atoms. The molecule has 144 valence electrons. The van der Waals surface area contributed by atoms with Crippen molar-refractivity contribution in [3.8, 4) is 5.88 Å². The van der Waals surface area contributed by atoms with Gasteiger partial charge in [0.05, 0.1) is 5.60 Å². The van der Waals surface area contributed by atoms with Gasteiger partial charge in [-0.25, -0.2) is 15.0 Å². The van der Waals surface area contributed by atoms with E-state index >= 15 is 0 Å². The summed E-state index contributed by atoms with van der Waals surface area (Å²) >= 11 is 0. The highest BCUT2D eigenvalue weighted by Gasteiger charge is 2.51. The van der Waals surface area contributed by atoms with E-state index in [1.165, 1.54) is 0 Å². The van der Waals surface area contributed by atoms with Crippen LogP contribution in [0.25, 0.3) is 0 Å². The normalized spacial score (nSPS) is 28.1. The number of hydrogen-bond donors (Lipinski definition) is 0. The summed E-state index contributed by atoms with van der Waals surface area (Å²) in [7, 11) is 1.86. The van der Waals surface area contributed by atoms with Crippen molar-refractivity contribution in [3.05, 3.63) is 48.2 Å². The number of likely N-dealkylation sites (tertiary alicyclic amines) is 1. The molecule has 1 aliphatic heterocycles. The van der Waals surface area contributed by atoms with Crippen LogP contribution < -0.4 is 4.74 Å². The lowest BCUT2D eigenvalue weighted by atomic mass is 9.79. The Bertz CT molecular complexity index is 740. The van der Waals surface area contributed by atoms with Gasteiger partial charge in [0, 0.05) is 69.3 Å². The number of ether oxygens (including phenoxy) is 2. The summed E-state index contributed by atoms with van der Waals surface area (Å²) in [6, 6.07) is 6.15. The van der Waals surface area contributed by atoms with E-state index in [0.717, 1.165) is 56.6 Å². The molecule has 0 N–H and O–H groups in total.